The highest BCUT2D eigenvalue weighted by molar-refractivity contribution is 14.0. The van der Waals surface area contributed by atoms with Crippen LogP contribution in [0.4, 0.5) is 0 Å². The Morgan fingerprint density at radius 1 is 1.22 bits per heavy atom. The molecule has 1 aromatic carbocycles. The number of rotatable bonds is 6. The van der Waals surface area contributed by atoms with E-state index >= 15 is 0 Å². The molecule has 0 aliphatic carbocycles. The Morgan fingerprint density at radius 2 is 1.91 bits per heavy atom. The Kier molecular flexibility index (Phi) is 9.55. The van der Waals surface area contributed by atoms with E-state index in [1.807, 2.05) is 7.05 Å². The molecule has 2 N–H and O–H groups in total. The van der Waals surface area contributed by atoms with Gasteiger partial charge in [0.05, 0.1) is 0 Å². The van der Waals surface area contributed by atoms with Gasteiger partial charge in [-0.25, -0.2) is 0 Å². The van der Waals surface area contributed by atoms with Gasteiger partial charge in [-0.1, -0.05) is 31.2 Å². The monoisotopic (exact) mass is 430 g/mol. The van der Waals surface area contributed by atoms with Gasteiger partial charge in [0.1, 0.15) is 0 Å². The molecule has 0 amide bonds. The van der Waals surface area contributed by atoms with Crippen LogP contribution in [0.1, 0.15) is 30.9 Å². The molecule has 4 nitrogen and oxygen atoms in total. The summed E-state index contributed by atoms with van der Waals surface area (Å²) in [5.74, 6) is 1.52. The molecule has 0 spiro atoms. The maximum Gasteiger partial charge on any atom is 0.191 e. The van der Waals surface area contributed by atoms with Crippen molar-refractivity contribution >= 4 is 29.9 Å². The summed E-state index contributed by atoms with van der Waals surface area (Å²) in [6.07, 6.45) is 2.72. The van der Waals surface area contributed by atoms with Crippen molar-refractivity contribution in [2.45, 2.75) is 33.2 Å². The zero-order valence-electron chi connectivity index (χ0n) is 14.6. The van der Waals surface area contributed by atoms with Crippen LogP contribution < -0.4 is 10.6 Å². The average molecular weight is 430 g/mol. The first kappa shape index (κ1) is 20.2. The average Bonchev–Trinajstić information content (AvgIpc) is 3.02. The molecule has 0 aromatic heterocycles. The molecule has 0 bridgehead atoms. The van der Waals surface area contributed by atoms with Crippen LogP contribution in [0.2, 0.25) is 0 Å². The fraction of sp³-hybridized carbons (Fsp3) is 0.611. The molecule has 1 fully saturated rings. The van der Waals surface area contributed by atoms with E-state index in [2.05, 4.69) is 58.6 Å². The molecule has 0 saturated carbocycles. The summed E-state index contributed by atoms with van der Waals surface area (Å²) in [5.41, 5.74) is 2.63. The molecule has 1 atom stereocenters. The van der Waals surface area contributed by atoms with Crippen LogP contribution in [0.3, 0.4) is 0 Å². The lowest BCUT2D eigenvalue weighted by molar-refractivity contribution is 0.287. The van der Waals surface area contributed by atoms with E-state index in [1.54, 1.807) is 0 Å². The number of hydrogen-bond acceptors (Lipinski definition) is 2. The highest BCUT2D eigenvalue weighted by Crippen LogP contribution is 2.09. The minimum absolute atomic E-state index is 0. The molecular weight excluding hydrogens is 399 g/mol. The summed E-state index contributed by atoms with van der Waals surface area (Å²) in [6.45, 7) is 9.94. The second-order valence-corrected chi connectivity index (χ2v) is 6.35. The Labute approximate surface area is 158 Å². The van der Waals surface area contributed by atoms with Gasteiger partial charge in [0.15, 0.2) is 5.96 Å². The van der Waals surface area contributed by atoms with Crippen molar-refractivity contribution in [3.8, 4) is 0 Å². The molecular formula is C18H31IN4. The highest BCUT2D eigenvalue weighted by Gasteiger charge is 2.14. The van der Waals surface area contributed by atoms with E-state index in [9.17, 15) is 0 Å². The number of nitrogens with one attached hydrogen (secondary N) is 2. The number of halogens is 1. The smallest absolute Gasteiger partial charge is 0.191 e. The lowest BCUT2D eigenvalue weighted by atomic mass is 10.1. The summed E-state index contributed by atoms with van der Waals surface area (Å²) in [7, 11) is 1.83. The third-order valence-electron chi connectivity index (χ3n) is 4.32. The molecule has 2 rings (SSSR count). The molecule has 1 saturated heterocycles. The molecule has 1 heterocycles. The fourth-order valence-electron chi connectivity index (χ4n) is 2.95. The zero-order valence-corrected chi connectivity index (χ0v) is 17.0. The van der Waals surface area contributed by atoms with E-state index in [4.69, 9.17) is 0 Å². The summed E-state index contributed by atoms with van der Waals surface area (Å²) in [4.78, 5) is 6.88. The van der Waals surface area contributed by atoms with Crippen LogP contribution in [-0.4, -0.2) is 44.1 Å². The third-order valence-corrected chi connectivity index (χ3v) is 4.32. The van der Waals surface area contributed by atoms with Crippen molar-refractivity contribution in [3.63, 3.8) is 0 Å². The van der Waals surface area contributed by atoms with Crippen LogP contribution in [0.5, 0.6) is 0 Å². The van der Waals surface area contributed by atoms with Gasteiger partial charge in [0.2, 0.25) is 0 Å². The van der Waals surface area contributed by atoms with E-state index in [1.165, 1.54) is 43.6 Å². The van der Waals surface area contributed by atoms with Gasteiger partial charge in [0.25, 0.3) is 0 Å². The SMILES string of the molecule is CN=C(NCc1ccccc1C)NCC(C)CN1CCCC1.I. The van der Waals surface area contributed by atoms with Crippen molar-refractivity contribution in [2.24, 2.45) is 10.9 Å². The topological polar surface area (TPSA) is 39.7 Å². The third kappa shape index (κ3) is 7.08. The van der Waals surface area contributed by atoms with Crippen LogP contribution in [0, 0.1) is 12.8 Å². The number of guanidine groups is 1. The first-order chi connectivity index (χ1) is 10.7. The summed E-state index contributed by atoms with van der Waals surface area (Å²) >= 11 is 0. The fourth-order valence-corrected chi connectivity index (χ4v) is 2.95. The number of nitrogens with zero attached hydrogens (tertiary/aromatic N) is 2. The largest absolute Gasteiger partial charge is 0.356 e. The Hall–Kier alpha value is -0.820. The van der Waals surface area contributed by atoms with Gasteiger partial charge >= 0.3 is 0 Å². The minimum Gasteiger partial charge on any atom is -0.356 e. The van der Waals surface area contributed by atoms with Crippen LogP contribution in [0.25, 0.3) is 0 Å². The van der Waals surface area contributed by atoms with Crippen LogP contribution >= 0.6 is 24.0 Å². The van der Waals surface area contributed by atoms with Gasteiger partial charge in [0, 0.05) is 26.7 Å². The summed E-state index contributed by atoms with van der Waals surface area (Å²) in [5, 5.41) is 6.85. The lowest BCUT2D eigenvalue weighted by Gasteiger charge is -2.21. The molecule has 1 aliphatic heterocycles. The van der Waals surface area contributed by atoms with Crippen molar-refractivity contribution in [3.05, 3.63) is 35.4 Å². The number of benzene rings is 1. The van der Waals surface area contributed by atoms with Gasteiger partial charge in [-0.15, -0.1) is 24.0 Å². The molecule has 5 heteroatoms. The van der Waals surface area contributed by atoms with Crippen molar-refractivity contribution < 1.29 is 0 Å². The van der Waals surface area contributed by atoms with Crippen molar-refractivity contribution in [2.75, 3.05) is 33.2 Å². The van der Waals surface area contributed by atoms with Crippen molar-refractivity contribution in [1.29, 1.82) is 0 Å². The predicted octanol–water partition coefficient (Wildman–Crippen LogP) is 3.01. The molecule has 130 valence electrons. The molecule has 1 aliphatic rings. The number of likely N-dealkylation sites (tertiary alicyclic amines) is 1. The molecule has 1 aromatic rings. The Bertz CT molecular complexity index is 484. The lowest BCUT2D eigenvalue weighted by Crippen LogP contribution is -2.41. The second kappa shape index (κ2) is 10.9. The standard InChI is InChI=1S/C18H30N4.HI/c1-15(14-22-10-6-7-11-22)12-20-18(19-3)21-13-17-9-5-4-8-16(17)2;/h4-5,8-9,15H,6-7,10-14H2,1-3H3,(H2,19,20,21);1H. The van der Waals surface area contributed by atoms with Gasteiger partial charge in [-0.3, -0.25) is 4.99 Å². The molecule has 23 heavy (non-hydrogen) atoms. The van der Waals surface area contributed by atoms with E-state index in [0.717, 1.165) is 19.0 Å². The second-order valence-electron chi connectivity index (χ2n) is 6.35. The van der Waals surface area contributed by atoms with E-state index in [-0.39, 0.29) is 24.0 Å². The maximum atomic E-state index is 4.32. The molecule has 1 unspecified atom stereocenters. The number of hydrogen-bond donors (Lipinski definition) is 2. The quantitative estimate of drug-likeness (QED) is 0.414. The van der Waals surface area contributed by atoms with Gasteiger partial charge in [-0.2, -0.15) is 0 Å². The highest BCUT2D eigenvalue weighted by atomic mass is 127. The summed E-state index contributed by atoms with van der Waals surface area (Å²) in [6, 6.07) is 8.46. The van der Waals surface area contributed by atoms with Crippen LogP contribution in [0.15, 0.2) is 29.3 Å². The van der Waals surface area contributed by atoms with Gasteiger partial charge < -0.3 is 15.5 Å². The van der Waals surface area contributed by atoms with E-state index in [0.29, 0.717) is 5.92 Å². The first-order valence-electron chi connectivity index (χ1n) is 8.40. The van der Waals surface area contributed by atoms with Gasteiger partial charge in [-0.05, 0) is 49.9 Å². The van der Waals surface area contributed by atoms with E-state index < -0.39 is 0 Å². The minimum atomic E-state index is 0. The Morgan fingerprint density at radius 3 is 2.57 bits per heavy atom. The number of aryl methyl sites for hydroxylation is 1. The summed E-state index contributed by atoms with van der Waals surface area (Å²) < 4.78 is 0. The molecule has 0 radical (unpaired) electrons. The zero-order chi connectivity index (χ0) is 15.8. The van der Waals surface area contributed by atoms with Crippen LogP contribution in [-0.2, 0) is 6.54 Å². The first-order valence-corrected chi connectivity index (χ1v) is 8.40. The predicted molar refractivity (Wildman–Crippen MR) is 110 cm³/mol. The number of aliphatic imine (C=N–C) groups is 1. The van der Waals surface area contributed by atoms with Crippen molar-refractivity contribution in [1.82, 2.24) is 15.5 Å². The normalized spacial score (nSPS) is 16.7. The maximum absolute atomic E-state index is 4.32. The Balaban J connectivity index is 0.00000264.